The van der Waals surface area contributed by atoms with E-state index in [0.29, 0.717) is 11.8 Å². The second-order valence-electron chi connectivity index (χ2n) is 4.70. The van der Waals surface area contributed by atoms with Gasteiger partial charge >= 0.3 is 0 Å². The standard InChI is InChI=1S/C10H18N4/c1-10(2,3)7-14(4)9-12-6-5-8(11)13-9/h5-6H,7H2,1-4H3,(H2,11,12,13). The third-order valence-corrected chi connectivity index (χ3v) is 1.72. The highest BCUT2D eigenvalue weighted by molar-refractivity contribution is 5.36. The predicted molar refractivity (Wildman–Crippen MR) is 59.2 cm³/mol. The average molecular weight is 194 g/mol. The van der Waals surface area contributed by atoms with Crippen molar-refractivity contribution in [3.05, 3.63) is 12.3 Å². The van der Waals surface area contributed by atoms with Crippen LogP contribution in [-0.4, -0.2) is 23.6 Å². The number of rotatable bonds is 2. The molecule has 1 heterocycles. The maximum absolute atomic E-state index is 5.58. The highest BCUT2D eigenvalue weighted by atomic mass is 15.2. The molecule has 0 saturated heterocycles. The molecule has 0 atom stereocenters. The van der Waals surface area contributed by atoms with E-state index in [0.717, 1.165) is 6.54 Å². The van der Waals surface area contributed by atoms with E-state index in [1.54, 1.807) is 12.3 Å². The van der Waals surface area contributed by atoms with Crippen LogP contribution in [-0.2, 0) is 0 Å². The van der Waals surface area contributed by atoms with E-state index in [1.165, 1.54) is 0 Å². The number of hydrogen-bond donors (Lipinski definition) is 1. The summed E-state index contributed by atoms with van der Waals surface area (Å²) in [6.07, 6.45) is 1.68. The van der Waals surface area contributed by atoms with Crippen molar-refractivity contribution in [1.82, 2.24) is 9.97 Å². The minimum atomic E-state index is 0.225. The molecule has 2 N–H and O–H groups in total. The Morgan fingerprint density at radius 3 is 2.57 bits per heavy atom. The van der Waals surface area contributed by atoms with Gasteiger partial charge in [-0.2, -0.15) is 4.98 Å². The normalized spacial score (nSPS) is 11.4. The lowest BCUT2D eigenvalue weighted by atomic mass is 9.96. The summed E-state index contributed by atoms with van der Waals surface area (Å²) < 4.78 is 0. The summed E-state index contributed by atoms with van der Waals surface area (Å²) in [5.74, 6) is 1.19. The largest absolute Gasteiger partial charge is 0.384 e. The predicted octanol–water partition coefficient (Wildman–Crippen LogP) is 1.54. The lowest BCUT2D eigenvalue weighted by Gasteiger charge is -2.26. The smallest absolute Gasteiger partial charge is 0.227 e. The monoisotopic (exact) mass is 194 g/mol. The van der Waals surface area contributed by atoms with Gasteiger partial charge in [-0.15, -0.1) is 0 Å². The number of nitrogens with zero attached hydrogens (tertiary/aromatic N) is 3. The number of hydrogen-bond acceptors (Lipinski definition) is 4. The van der Waals surface area contributed by atoms with Crippen molar-refractivity contribution in [2.24, 2.45) is 5.41 Å². The van der Waals surface area contributed by atoms with Gasteiger partial charge < -0.3 is 10.6 Å². The molecule has 1 rings (SSSR count). The van der Waals surface area contributed by atoms with Crippen LogP contribution in [0, 0.1) is 5.41 Å². The highest BCUT2D eigenvalue weighted by Crippen LogP contribution is 2.17. The molecule has 78 valence electrons. The van der Waals surface area contributed by atoms with Gasteiger partial charge in [0.2, 0.25) is 5.95 Å². The summed E-state index contributed by atoms with van der Waals surface area (Å²) in [5.41, 5.74) is 5.81. The van der Waals surface area contributed by atoms with Crippen LogP contribution >= 0.6 is 0 Å². The first-order chi connectivity index (χ1) is 6.38. The molecule has 4 heteroatoms. The van der Waals surface area contributed by atoms with E-state index in [-0.39, 0.29) is 5.41 Å². The number of nitrogens with two attached hydrogens (primary N) is 1. The summed E-state index contributed by atoms with van der Waals surface area (Å²) >= 11 is 0. The third-order valence-electron chi connectivity index (χ3n) is 1.72. The second kappa shape index (κ2) is 3.82. The Labute approximate surface area is 85.2 Å². The molecule has 0 spiro atoms. The van der Waals surface area contributed by atoms with Crippen LogP contribution in [0.3, 0.4) is 0 Å². The van der Waals surface area contributed by atoms with Gasteiger partial charge in [0.1, 0.15) is 5.82 Å². The molecule has 0 aliphatic heterocycles. The molecule has 0 aliphatic carbocycles. The lowest BCUT2D eigenvalue weighted by Crippen LogP contribution is -2.30. The zero-order chi connectivity index (χ0) is 10.8. The van der Waals surface area contributed by atoms with E-state index >= 15 is 0 Å². The molecule has 14 heavy (non-hydrogen) atoms. The van der Waals surface area contributed by atoms with Gasteiger partial charge in [0.25, 0.3) is 0 Å². The topological polar surface area (TPSA) is 55.0 Å². The van der Waals surface area contributed by atoms with Gasteiger partial charge in [0.05, 0.1) is 0 Å². The highest BCUT2D eigenvalue weighted by Gasteiger charge is 2.15. The van der Waals surface area contributed by atoms with Gasteiger partial charge in [0, 0.05) is 19.8 Å². The Bertz CT molecular complexity index is 303. The fraction of sp³-hybridized carbons (Fsp3) is 0.600. The van der Waals surface area contributed by atoms with Crippen molar-refractivity contribution in [3.8, 4) is 0 Å². The molecule has 0 aliphatic rings. The maximum Gasteiger partial charge on any atom is 0.227 e. The Morgan fingerprint density at radius 2 is 2.07 bits per heavy atom. The van der Waals surface area contributed by atoms with Crippen LogP contribution in [0.1, 0.15) is 20.8 Å². The van der Waals surface area contributed by atoms with E-state index in [9.17, 15) is 0 Å². The Balaban J connectivity index is 2.74. The van der Waals surface area contributed by atoms with Gasteiger partial charge in [-0.1, -0.05) is 20.8 Å². The fourth-order valence-corrected chi connectivity index (χ4v) is 1.33. The molecular formula is C10H18N4. The van der Waals surface area contributed by atoms with Gasteiger partial charge in [-0.25, -0.2) is 4.98 Å². The minimum absolute atomic E-state index is 0.225. The van der Waals surface area contributed by atoms with Crippen LogP contribution in [0.2, 0.25) is 0 Å². The SMILES string of the molecule is CN(CC(C)(C)C)c1nccc(N)n1. The molecule has 0 bridgehead atoms. The number of nitrogen functional groups attached to an aromatic ring is 1. The molecular weight excluding hydrogens is 176 g/mol. The average Bonchev–Trinajstić information content (AvgIpc) is 2.01. The van der Waals surface area contributed by atoms with Crippen molar-refractivity contribution < 1.29 is 0 Å². The lowest BCUT2D eigenvalue weighted by molar-refractivity contribution is 0.416. The zero-order valence-corrected chi connectivity index (χ0v) is 9.28. The molecule has 0 aromatic carbocycles. The summed E-state index contributed by atoms with van der Waals surface area (Å²) in [4.78, 5) is 10.3. The van der Waals surface area contributed by atoms with Crippen LogP contribution in [0.15, 0.2) is 12.3 Å². The van der Waals surface area contributed by atoms with Crippen molar-refractivity contribution in [3.63, 3.8) is 0 Å². The summed E-state index contributed by atoms with van der Waals surface area (Å²) in [6.45, 7) is 7.43. The van der Waals surface area contributed by atoms with Gasteiger partial charge in [0.15, 0.2) is 0 Å². The van der Waals surface area contributed by atoms with Crippen LogP contribution < -0.4 is 10.6 Å². The van der Waals surface area contributed by atoms with Crippen LogP contribution in [0.5, 0.6) is 0 Å². The summed E-state index contributed by atoms with van der Waals surface area (Å²) in [7, 11) is 1.97. The van der Waals surface area contributed by atoms with Crippen molar-refractivity contribution in [1.29, 1.82) is 0 Å². The quantitative estimate of drug-likeness (QED) is 0.776. The van der Waals surface area contributed by atoms with E-state index in [4.69, 9.17) is 5.73 Å². The third kappa shape index (κ3) is 3.20. The Morgan fingerprint density at radius 1 is 1.43 bits per heavy atom. The first kappa shape index (κ1) is 10.8. The molecule has 0 radical (unpaired) electrons. The zero-order valence-electron chi connectivity index (χ0n) is 9.28. The van der Waals surface area contributed by atoms with Gasteiger partial charge in [-0.3, -0.25) is 0 Å². The molecule has 0 amide bonds. The first-order valence-corrected chi connectivity index (χ1v) is 4.68. The van der Waals surface area contributed by atoms with Crippen LogP contribution in [0.25, 0.3) is 0 Å². The minimum Gasteiger partial charge on any atom is -0.384 e. The number of aromatic nitrogens is 2. The maximum atomic E-state index is 5.58. The van der Waals surface area contributed by atoms with E-state index in [2.05, 4.69) is 30.7 Å². The fourth-order valence-electron chi connectivity index (χ4n) is 1.33. The van der Waals surface area contributed by atoms with E-state index in [1.807, 2.05) is 11.9 Å². The van der Waals surface area contributed by atoms with Crippen LogP contribution in [0.4, 0.5) is 11.8 Å². The van der Waals surface area contributed by atoms with E-state index < -0.39 is 0 Å². The van der Waals surface area contributed by atoms with Crippen molar-refractivity contribution in [2.75, 3.05) is 24.2 Å². The van der Waals surface area contributed by atoms with Crippen molar-refractivity contribution >= 4 is 11.8 Å². The Kier molecular flexibility index (Phi) is 2.93. The molecule has 0 fully saturated rings. The molecule has 1 aromatic heterocycles. The summed E-state index contributed by atoms with van der Waals surface area (Å²) in [6, 6.07) is 1.69. The molecule has 0 saturated carbocycles. The first-order valence-electron chi connectivity index (χ1n) is 4.68. The van der Waals surface area contributed by atoms with Crippen molar-refractivity contribution in [2.45, 2.75) is 20.8 Å². The van der Waals surface area contributed by atoms with Gasteiger partial charge in [-0.05, 0) is 11.5 Å². The summed E-state index contributed by atoms with van der Waals surface area (Å²) in [5, 5.41) is 0. The molecule has 4 nitrogen and oxygen atoms in total. The molecule has 0 unspecified atom stereocenters. The molecule has 1 aromatic rings. The Hall–Kier alpha value is -1.32. The number of anilines is 2. The second-order valence-corrected chi connectivity index (χ2v) is 4.70.